The van der Waals surface area contributed by atoms with Gasteiger partial charge in [0.15, 0.2) is 0 Å². The van der Waals surface area contributed by atoms with Crippen molar-refractivity contribution in [1.29, 1.82) is 5.26 Å². The summed E-state index contributed by atoms with van der Waals surface area (Å²) in [4.78, 5) is 14.0. The van der Waals surface area contributed by atoms with E-state index in [0.29, 0.717) is 31.0 Å². The van der Waals surface area contributed by atoms with Gasteiger partial charge in [0.05, 0.1) is 23.7 Å². The van der Waals surface area contributed by atoms with E-state index in [-0.39, 0.29) is 17.7 Å². The average Bonchev–Trinajstić information content (AvgIpc) is 3.21. The van der Waals surface area contributed by atoms with Gasteiger partial charge in [-0.1, -0.05) is 6.07 Å². The second-order valence-corrected chi connectivity index (χ2v) is 6.31. The van der Waals surface area contributed by atoms with Crippen molar-refractivity contribution in [2.75, 3.05) is 26.2 Å². The zero-order chi connectivity index (χ0) is 17.8. The number of benzene rings is 1. The molecule has 1 fully saturated rings. The van der Waals surface area contributed by atoms with Crippen LogP contribution in [0.15, 0.2) is 36.7 Å². The lowest BCUT2D eigenvalue weighted by Crippen LogP contribution is -2.30. The highest BCUT2D eigenvalue weighted by Gasteiger charge is 2.37. The van der Waals surface area contributed by atoms with Gasteiger partial charge in [-0.15, -0.1) is 0 Å². The van der Waals surface area contributed by atoms with Gasteiger partial charge in [-0.05, 0) is 23.8 Å². The summed E-state index contributed by atoms with van der Waals surface area (Å²) in [6.45, 7) is 2.55. The molecule has 1 aromatic heterocycles. The molecule has 1 saturated heterocycles. The first-order valence-electron chi connectivity index (χ1n) is 8.20. The van der Waals surface area contributed by atoms with Gasteiger partial charge in [0.25, 0.3) is 0 Å². The van der Waals surface area contributed by atoms with Crippen LogP contribution in [0.4, 0.5) is 0 Å². The third-order valence-electron chi connectivity index (χ3n) is 4.55. The lowest BCUT2D eigenvalue weighted by Gasteiger charge is -2.16. The Morgan fingerprint density at radius 3 is 3.00 bits per heavy atom. The number of likely N-dealkylation sites (tertiary alicyclic amines) is 1. The summed E-state index contributed by atoms with van der Waals surface area (Å²) in [7, 11) is 1.86. The van der Waals surface area contributed by atoms with Crippen molar-refractivity contribution < 1.29 is 9.53 Å². The zero-order valence-corrected chi connectivity index (χ0v) is 14.1. The van der Waals surface area contributed by atoms with E-state index in [0.717, 1.165) is 12.1 Å². The topological polar surface area (TPSA) is 97.2 Å². The second kappa shape index (κ2) is 7.36. The smallest absolute Gasteiger partial charge is 0.222 e. The lowest BCUT2D eigenvalue weighted by atomic mass is 9.90. The number of carbonyl (C=O) groups excluding carboxylic acids is 1. The molecule has 1 amide bonds. The third kappa shape index (κ3) is 3.98. The standard InChI is InChI=1S/C18H21N5O2/c1-22-10-14(9-21-22)16-11-23(12-17(16)18(20)24)5-6-25-15-4-2-3-13(7-15)8-19/h2-4,7,9-10,16-17H,5-6,11-12H2,1H3,(H2,20,24)/t16-,17+/m1/s1. The molecule has 7 heteroatoms. The minimum absolute atomic E-state index is 0.0631. The van der Waals surface area contributed by atoms with E-state index < -0.39 is 0 Å². The molecule has 3 rings (SSSR count). The summed E-state index contributed by atoms with van der Waals surface area (Å²) in [5.41, 5.74) is 7.20. The molecule has 0 saturated carbocycles. The Morgan fingerprint density at radius 1 is 1.48 bits per heavy atom. The van der Waals surface area contributed by atoms with Crippen molar-refractivity contribution in [3.63, 3.8) is 0 Å². The Bertz CT molecular complexity index is 795. The van der Waals surface area contributed by atoms with Crippen LogP contribution in [0.1, 0.15) is 17.0 Å². The van der Waals surface area contributed by atoms with Crippen molar-refractivity contribution in [2.24, 2.45) is 18.7 Å². The zero-order valence-electron chi connectivity index (χ0n) is 14.1. The Balaban J connectivity index is 1.58. The lowest BCUT2D eigenvalue weighted by molar-refractivity contribution is -0.121. The Morgan fingerprint density at radius 2 is 2.32 bits per heavy atom. The van der Waals surface area contributed by atoms with E-state index in [1.807, 2.05) is 19.3 Å². The fourth-order valence-corrected chi connectivity index (χ4v) is 3.27. The predicted molar refractivity (Wildman–Crippen MR) is 91.7 cm³/mol. The van der Waals surface area contributed by atoms with Crippen LogP contribution in [0.25, 0.3) is 0 Å². The van der Waals surface area contributed by atoms with Gasteiger partial charge >= 0.3 is 0 Å². The number of carbonyl (C=O) groups is 1. The van der Waals surface area contributed by atoms with Crippen LogP contribution < -0.4 is 10.5 Å². The molecule has 25 heavy (non-hydrogen) atoms. The molecule has 2 heterocycles. The number of nitrogens with zero attached hydrogens (tertiary/aromatic N) is 4. The van der Waals surface area contributed by atoms with Crippen LogP contribution in [-0.4, -0.2) is 46.8 Å². The minimum atomic E-state index is -0.279. The highest BCUT2D eigenvalue weighted by atomic mass is 16.5. The Hall–Kier alpha value is -2.85. The van der Waals surface area contributed by atoms with Crippen LogP contribution >= 0.6 is 0 Å². The molecule has 7 nitrogen and oxygen atoms in total. The maximum Gasteiger partial charge on any atom is 0.222 e. The Labute approximate surface area is 146 Å². The van der Waals surface area contributed by atoms with E-state index in [1.54, 1.807) is 29.1 Å². The van der Waals surface area contributed by atoms with Gasteiger partial charge in [0.1, 0.15) is 12.4 Å². The molecule has 0 bridgehead atoms. The van der Waals surface area contributed by atoms with Gasteiger partial charge in [-0.3, -0.25) is 14.4 Å². The number of ether oxygens (including phenoxy) is 1. The number of rotatable bonds is 6. The number of nitrogens with two attached hydrogens (primary N) is 1. The van der Waals surface area contributed by atoms with E-state index in [9.17, 15) is 4.79 Å². The van der Waals surface area contributed by atoms with Crippen LogP contribution in [0.2, 0.25) is 0 Å². The number of hydrogen-bond donors (Lipinski definition) is 1. The second-order valence-electron chi connectivity index (χ2n) is 6.31. The number of amides is 1. The van der Waals surface area contributed by atoms with Crippen molar-refractivity contribution in [3.05, 3.63) is 47.8 Å². The molecule has 1 aliphatic heterocycles. The highest BCUT2D eigenvalue weighted by molar-refractivity contribution is 5.78. The van der Waals surface area contributed by atoms with Crippen molar-refractivity contribution in [3.8, 4) is 11.8 Å². The molecule has 130 valence electrons. The molecule has 1 aromatic carbocycles. The fourth-order valence-electron chi connectivity index (χ4n) is 3.27. The first kappa shape index (κ1) is 17.0. The summed E-state index contributed by atoms with van der Waals surface area (Å²) < 4.78 is 7.46. The predicted octanol–water partition coefficient (Wildman–Crippen LogP) is 0.871. The normalized spacial score (nSPS) is 20.3. The summed E-state index contributed by atoms with van der Waals surface area (Å²) >= 11 is 0. The SMILES string of the molecule is Cn1cc([C@H]2CN(CCOc3cccc(C#N)c3)C[C@@H]2C(N)=O)cn1. The van der Waals surface area contributed by atoms with E-state index in [1.165, 1.54) is 0 Å². The maximum absolute atomic E-state index is 11.8. The molecule has 2 N–H and O–H groups in total. The third-order valence-corrected chi connectivity index (χ3v) is 4.55. The van der Waals surface area contributed by atoms with E-state index in [4.69, 9.17) is 15.7 Å². The monoisotopic (exact) mass is 339 g/mol. The maximum atomic E-state index is 11.8. The van der Waals surface area contributed by atoms with Gasteiger partial charge in [-0.25, -0.2) is 0 Å². The van der Waals surface area contributed by atoms with Crippen molar-refractivity contribution in [1.82, 2.24) is 14.7 Å². The molecule has 2 aromatic rings. The molecule has 1 aliphatic rings. The number of hydrogen-bond acceptors (Lipinski definition) is 5. The number of aryl methyl sites for hydroxylation is 1. The summed E-state index contributed by atoms with van der Waals surface area (Å²) in [6, 6.07) is 9.18. The van der Waals surface area contributed by atoms with Gasteiger partial charge in [-0.2, -0.15) is 10.4 Å². The quantitative estimate of drug-likeness (QED) is 0.842. The molecule has 0 unspecified atom stereocenters. The van der Waals surface area contributed by atoms with Gasteiger partial charge in [0.2, 0.25) is 5.91 Å². The first-order valence-corrected chi connectivity index (χ1v) is 8.20. The molecule has 0 aliphatic carbocycles. The number of nitriles is 1. The summed E-state index contributed by atoms with van der Waals surface area (Å²) in [5.74, 6) is 0.242. The van der Waals surface area contributed by atoms with Crippen LogP contribution in [0.5, 0.6) is 5.75 Å². The molecule has 0 radical (unpaired) electrons. The van der Waals surface area contributed by atoms with Gasteiger partial charge < -0.3 is 10.5 Å². The molecular formula is C18H21N5O2. The largest absolute Gasteiger partial charge is 0.492 e. The average molecular weight is 339 g/mol. The molecular weight excluding hydrogens is 318 g/mol. The van der Waals surface area contributed by atoms with E-state index in [2.05, 4.69) is 16.1 Å². The van der Waals surface area contributed by atoms with Gasteiger partial charge in [0, 0.05) is 38.8 Å². The molecule has 0 spiro atoms. The fraction of sp³-hybridized carbons (Fsp3) is 0.389. The highest BCUT2D eigenvalue weighted by Crippen LogP contribution is 2.32. The minimum Gasteiger partial charge on any atom is -0.492 e. The van der Waals surface area contributed by atoms with Crippen LogP contribution in [0.3, 0.4) is 0 Å². The van der Waals surface area contributed by atoms with E-state index >= 15 is 0 Å². The van der Waals surface area contributed by atoms with Crippen molar-refractivity contribution in [2.45, 2.75) is 5.92 Å². The summed E-state index contributed by atoms with van der Waals surface area (Å²) in [5, 5.41) is 13.1. The molecule has 2 atom stereocenters. The number of primary amides is 1. The first-order chi connectivity index (χ1) is 12.1. The van der Waals surface area contributed by atoms with Crippen LogP contribution in [-0.2, 0) is 11.8 Å². The number of aromatic nitrogens is 2. The Kier molecular flexibility index (Phi) is 5.00. The summed E-state index contributed by atoms with van der Waals surface area (Å²) in [6.07, 6.45) is 3.74. The van der Waals surface area contributed by atoms with Crippen molar-refractivity contribution >= 4 is 5.91 Å². The van der Waals surface area contributed by atoms with Crippen LogP contribution in [0, 0.1) is 17.2 Å².